The Balaban J connectivity index is 0.000000181. The molecule has 1 aromatic heterocycles. The van der Waals surface area contributed by atoms with E-state index in [0.29, 0.717) is 6.71 Å². The van der Waals surface area contributed by atoms with E-state index in [1.165, 1.54) is 53.8 Å². The second-order valence-corrected chi connectivity index (χ2v) is 13.3. The third kappa shape index (κ3) is 7.25. The van der Waals surface area contributed by atoms with Gasteiger partial charge in [0.15, 0.2) is 0 Å². The van der Waals surface area contributed by atoms with E-state index >= 15 is 0 Å². The zero-order valence-electron chi connectivity index (χ0n) is 24.1. The SMILES string of the molecule is C=CCCCC[SiH2]C(c1ccccc1)(c1ccccc1)n1ccnc1.c1ccc(B(c2ccccc2)C2CC2)cc1. The van der Waals surface area contributed by atoms with Crippen LogP contribution in [0.1, 0.15) is 43.2 Å². The first kappa shape index (κ1) is 28.6. The molecule has 5 aromatic rings. The minimum Gasteiger partial charge on any atom is -0.327 e. The van der Waals surface area contributed by atoms with Gasteiger partial charge in [0.25, 0.3) is 0 Å². The summed E-state index contributed by atoms with van der Waals surface area (Å²) in [5.41, 5.74) is 5.68. The van der Waals surface area contributed by atoms with Crippen molar-refractivity contribution in [1.82, 2.24) is 9.55 Å². The van der Waals surface area contributed by atoms with Crippen LogP contribution in [0.3, 0.4) is 0 Å². The minimum absolute atomic E-state index is 0.0762. The van der Waals surface area contributed by atoms with Crippen molar-refractivity contribution in [2.75, 3.05) is 0 Å². The van der Waals surface area contributed by atoms with Gasteiger partial charge in [0, 0.05) is 12.4 Å². The van der Waals surface area contributed by atoms with Gasteiger partial charge in [-0.2, -0.15) is 0 Å². The monoisotopic (exact) mass is 552 g/mol. The molecule has 206 valence electrons. The van der Waals surface area contributed by atoms with Gasteiger partial charge in [-0.05, 0) is 17.5 Å². The molecule has 2 nitrogen and oxygen atoms in total. The third-order valence-corrected chi connectivity index (χ3v) is 11.1. The van der Waals surface area contributed by atoms with Crippen LogP contribution in [0, 0.1) is 0 Å². The number of allylic oxidation sites excluding steroid dienone is 1. The van der Waals surface area contributed by atoms with Crippen LogP contribution in [0.15, 0.2) is 153 Å². The lowest BCUT2D eigenvalue weighted by atomic mass is 9.37. The quantitative estimate of drug-likeness (QED) is 0.0923. The first-order chi connectivity index (χ1) is 20.3. The lowest BCUT2D eigenvalue weighted by Gasteiger charge is -2.37. The Morgan fingerprint density at radius 3 is 1.71 bits per heavy atom. The van der Waals surface area contributed by atoms with Crippen molar-refractivity contribution in [3.63, 3.8) is 0 Å². The summed E-state index contributed by atoms with van der Waals surface area (Å²) in [4.78, 5) is 4.37. The van der Waals surface area contributed by atoms with Crippen LogP contribution >= 0.6 is 0 Å². The van der Waals surface area contributed by atoms with Crippen molar-refractivity contribution in [2.24, 2.45) is 0 Å². The molecular weight excluding hydrogens is 511 g/mol. The topological polar surface area (TPSA) is 17.8 Å². The smallest absolute Gasteiger partial charge is 0.212 e. The van der Waals surface area contributed by atoms with Gasteiger partial charge in [-0.3, -0.25) is 0 Å². The second-order valence-electron chi connectivity index (χ2n) is 11.1. The van der Waals surface area contributed by atoms with Gasteiger partial charge >= 0.3 is 0 Å². The van der Waals surface area contributed by atoms with Crippen molar-refractivity contribution in [2.45, 2.75) is 49.1 Å². The zero-order valence-corrected chi connectivity index (χ0v) is 25.5. The van der Waals surface area contributed by atoms with Crippen LogP contribution in [0.25, 0.3) is 0 Å². The van der Waals surface area contributed by atoms with E-state index in [2.05, 4.69) is 144 Å². The summed E-state index contributed by atoms with van der Waals surface area (Å²) in [5, 5.41) is -0.0762. The van der Waals surface area contributed by atoms with E-state index in [1.807, 2.05) is 18.6 Å². The van der Waals surface area contributed by atoms with Crippen molar-refractivity contribution in [3.8, 4) is 0 Å². The van der Waals surface area contributed by atoms with Crippen molar-refractivity contribution >= 4 is 27.2 Å². The van der Waals surface area contributed by atoms with E-state index in [4.69, 9.17) is 0 Å². The first-order valence-corrected chi connectivity index (χ1v) is 16.8. The molecule has 0 aliphatic heterocycles. The molecule has 1 heterocycles. The molecule has 6 rings (SSSR count). The molecule has 41 heavy (non-hydrogen) atoms. The lowest BCUT2D eigenvalue weighted by molar-refractivity contribution is 0.588. The van der Waals surface area contributed by atoms with Gasteiger partial charge in [0.1, 0.15) is 0 Å². The molecule has 0 spiro atoms. The number of rotatable bonds is 12. The van der Waals surface area contributed by atoms with Gasteiger partial charge < -0.3 is 4.57 Å². The van der Waals surface area contributed by atoms with Gasteiger partial charge in [-0.15, -0.1) is 6.58 Å². The molecule has 1 saturated carbocycles. The largest absolute Gasteiger partial charge is 0.327 e. The Labute approximate surface area is 249 Å². The van der Waals surface area contributed by atoms with Crippen LogP contribution in [0.2, 0.25) is 11.9 Å². The highest BCUT2D eigenvalue weighted by molar-refractivity contribution is 6.86. The average molecular weight is 553 g/mol. The van der Waals surface area contributed by atoms with E-state index in [1.54, 1.807) is 0 Å². The van der Waals surface area contributed by atoms with Crippen LogP contribution in [-0.4, -0.2) is 25.8 Å². The van der Waals surface area contributed by atoms with Crippen molar-refractivity contribution in [1.29, 1.82) is 0 Å². The van der Waals surface area contributed by atoms with Crippen LogP contribution in [-0.2, 0) is 5.16 Å². The van der Waals surface area contributed by atoms with Crippen molar-refractivity contribution in [3.05, 3.63) is 164 Å². The highest BCUT2D eigenvalue weighted by atomic mass is 28.2. The average Bonchev–Trinajstić information content (AvgIpc) is 3.72. The fourth-order valence-electron chi connectivity index (χ4n) is 6.13. The summed E-state index contributed by atoms with van der Waals surface area (Å²) in [6, 6.07) is 45.0. The maximum absolute atomic E-state index is 4.37. The maximum Gasteiger partial charge on any atom is 0.212 e. The van der Waals surface area contributed by atoms with Gasteiger partial charge in [0.2, 0.25) is 6.71 Å². The highest BCUT2D eigenvalue weighted by Gasteiger charge is 2.37. The van der Waals surface area contributed by atoms with Crippen LogP contribution in [0.5, 0.6) is 0 Å². The molecule has 0 unspecified atom stereocenters. The Morgan fingerprint density at radius 2 is 1.27 bits per heavy atom. The van der Waals surface area contributed by atoms with E-state index in [9.17, 15) is 0 Å². The number of hydrogen-bond donors (Lipinski definition) is 0. The molecular formula is C37H41BN2Si. The standard InChI is InChI=1S/C22H26N2Si.C15H15B/c1-2-3-4-11-18-25-22(24-17-16-23-19-24,20-12-7-5-8-13-20)21-14-9-6-10-15-21;1-3-7-13(8-4-1)16(15-11-12-15)14-9-5-2-6-10-14/h2,5-10,12-17,19H,1,3-4,11,18,25H2;1-10,15H,11-12H2. The molecule has 0 saturated heterocycles. The molecule has 1 aliphatic carbocycles. The van der Waals surface area contributed by atoms with Crippen LogP contribution in [0.4, 0.5) is 0 Å². The molecule has 1 aliphatic rings. The highest BCUT2D eigenvalue weighted by Crippen LogP contribution is 2.38. The fourth-order valence-corrected chi connectivity index (χ4v) is 8.74. The minimum atomic E-state index is -0.486. The summed E-state index contributed by atoms with van der Waals surface area (Å²) in [6.07, 6.45) is 14.4. The first-order valence-electron chi connectivity index (χ1n) is 15.1. The van der Waals surface area contributed by atoms with Crippen LogP contribution < -0.4 is 10.9 Å². The van der Waals surface area contributed by atoms with Gasteiger partial charge in [-0.25, -0.2) is 4.98 Å². The maximum atomic E-state index is 4.37. The normalized spacial score (nSPS) is 13.0. The number of benzene rings is 4. The molecule has 0 amide bonds. The zero-order chi connectivity index (χ0) is 28.2. The van der Waals surface area contributed by atoms with Crippen molar-refractivity contribution < 1.29 is 0 Å². The predicted molar refractivity (Wildman–Crippen MR) is 180 cm³/mol. The molecule has 0 bridgehead atoms. The number of imidazole rings is 1. The molecule has 4 heteroatoms. The number of nitrogens with zero attached hydrogens (tertiary/aromatic N) is 2. The molecule has 0 atom stereocenters. The summed E-state index contributed by atoms with van der Waals surface area (Å²) in [5.74, 6) is 0.866. The number of aromatic nitrogens is 2. The Morgan fingerprint density at radius 1 is 0.756 bits per heavy atom. The van der Waals surface area contributed by atoms with Gasteiger partial charge in [0.05, 0.1) is 21.0 Å². The molecule has 1 fully saturated rings. The lowest BCUT2D eigenvalue weighted by Crippen LogP contribution is -2.42. The summed E-state index contributed by atoms with van der Waals surface area (Å²) in [7, 11) is -0.486. The Bertz CT molecular complexity index is 1340. The van der Waals surface area contributed by atoms with E-state index in [0.717, 1.165) is 12.2 Å². The number of hydrogen-bond acceptors (Lipinski definition) is 1. The van der Waals surface area contributed by atoms with E-state index < -0.39 is 9.52 Å². The van der Waals surface area contributed by atoms with Gasteiger partial charge in [-0.1, -0.05) is 176 Å². The number of unbranched alkanes of at least 4 members (excludes halogenated alkanes) is 2. The molecule has 0 N–H and O–H groups in total. The Kier molecular flexibility index (Phi) is 10.2. The van der Waals surface area contributed by atoms with E-state index in [-0.39, 0.29) is 5.16 Å². The summed E-state index contributed by atoms with van der Waals surface area (Å²) >= 11 is 0. The summed E-state index contributed by atoms with van der Waals surface area (Å²) in [6.45, 7) is 4.46. The predicted octanol–water partition coefficient (Wildman–Crippen LogP) is 7.04. The summed E-state index contributed by atoms with van der Waals surface area (Å²) < 4.78 is 2.33. The second kappa shape index (κ2) is 14.7. The molecule has 4 aromatic carbocycles. The fraction of sp³-hybridized carbons (Fsp3) is 0.216. The third-order valence-electron chi connectivity index (χ3n) is 8.31. The Hall–Kier alpha value is -3.89. The molecule has 0 radical (unpaired) electrons.